The molecule has 0 aliphatic heterocycles. The van der Waals surface area contributed by atoms with E-state index < -0.39 is 0 Å². The Morgan fingerprint density at radius 2 is 2.14 bits per heavy atom. The van der Waals surface area contributed by atoms with Gasteiger partial charge in [0.05, 0.1) is 5.39 Å². The molecule has 1 heterocycles. The molecule has 2 rings (SSSR count). The average Bonchev–Trinajstić information content (AvgIpc) is 2.19. The minimum atomic E-state index is -0.206. The maximum Gasteiger partial charge on any atom is 0.257 e. The van der Waals surface area contributed by atoms with E-state index in [0.717, 1.165) is 5.39 Å². The molecule has 2 aromatic rings. The van der Waals surface area contributed by atoms with Crippen LogP contribution in [0.3, 0.4) is 0 Å². The van der Waals surface area contributed by atoms with E-state index in [1.54, 1.807) is 19.2 Å². The predicted octanol–water partition coefficient (Wildman–Crippen LogP) is 1.28. The lowest BCUT2D eigenvalue weighted by Crippen LogP contribution is -2.08. The lowest BCUT2D eigenvalue weighted by molar-refractivity contribution is 0.476. The van der Waals surface area contributed by atoms with E-state index in [1.165, 1.54) is 6.07 Å². The molecule has 0 unspecified atom stereocenters. The van der Waals surface area contributed by atoms with Crippen molar-refractivity contribution in [3.05, 3.63) is 34.6 Å². The highest BCUT2D eigenvalue weighted by Crippen LogP contribution is 2.18. The summed E-state index contributed by atoms with van der Waals surface area (Å²) in [4.78, 5) is 14.2. The zero-order valence-electron chi connectivity index (χ0n) is 7.66. The molecule has 0 saturated heterocycles. The monoisotopic (exact) mass is 190 g/mol. The standard InChI is InChI=1S/C10H10N2O2/c1-11-9-4-6-2-3-7(13)5-8(6)10(14)12-9/h2-5,13H,1H3,(H2,11,12,14). The Hall–Kier alpha value is -1.97. The van der Waals surface area contributed by atoms with Crippen LogP contribution < -0.4 is 10.9 Å². The Morgan fingerprint density at radius 3 is 2.86 bits per heavy atom. The van der Waals surface area contributed by atoms with Crippen LogP contribution >= 0.6 is 0 Å². The van der Waals surface area contributed by atoms with Gasteiger partial charge in [-0.2, -0.15) is 0 Å². The molecule has 3 N–H and O–H groups in total. The zero-order chi connectivity index (χ0) is 10.1. The van der Waals surface area contributed by atoms with Gasteiger partial charge in [-0.1, -0.05) is 6.07 Å². The normalized spacial score (nSPS) is 10.4. The minimum Gasteiger partial charge on any atom is -0.508 e. The van der Waals surface area contributed by atoms with Crippen LogP contribution in [0.4, 0.5) is 5.82 Å². The van der Waals surface area contributed by atoms with Crippen LogP contribution in [0.25, 0.3) is 10.8 Å². The second-order valence-electron chi connectivity index (χ2n) is 3.03. The largest absolute Gasteiger partial charge is 0.508 e. The van der Waals surface area contributed by atoms with E-state index in [0.29, 0.717) is 11.2 Å². The molecule has 0 fully saturated rings. The van der Waals surface area contributed by atoms with E-state index in [2.05, 4.69) is 10.3 Å². The number of phenolic OH excluding ortho intramolecular Hbond substituents is 1. The molecule has 0 saturated carbocycles. The smallest absolute Gasteiger partial charge is 0.257 e. The van der Waals surface area contributed by atoms with Gasteiger partial charge in [0, 0.05) is 7.05 Å². The molecule has 0 bridgehead atoms. The fourth-order valence-electron chi connectivity index (χ4n) is 1.38. The molecule has 4 nitrogen and oxygen atoms in total. The Labute approximate surface area is 80.2 Å². The molecule has 0 spiro atoms. The summed E-state index contributed by atoms with van der Waals surface area (Å²) in [5.41, 5.74) is -0.206. The summed E-state index contributed by atoms with van der Waals surface area (Å²) in [6.07, 6.45) is 0. The minimum absolute atomic E-state index is 0.0974. The Kier molecular flexibility index (Phi) is 1.89. The van der Waals surface area contributed by atoms with Gasteiger partial charge in [-0.25, -0.2) is 0 Å². The molecule has 0 radical (unpaired) electrons. The van der Waals surface area contributed by atoms with Gasteiger partial charge in [-0.05, 0) is 23.6 Å². The third-order valence-corrected chi connectivity index (χ3v) is 2.10. The number of benzene rings is 1. The number of anilines is 1. The molecule has 0 aliphatic carbocycles. The maximum atomic E-state index is 11.5. The second kappa shape index (κ2) is 3.06. The lowest BCUT2D eigenvalue weighted by Gasteiger charge is -2.02. The number of hydrogen-bond donors (Lipinski definition) is 3. The van der Waals surface area contributed by atoms with Crippen molar-refractivity contribution in [1.82, 2.24) is 4.98 Å². The summed E-state index contributed by atoms with van der Waals surface area (Å²) in [7, 11) is 1.73. The van der Waals surface area contributed by atoms with Gasteiger partial charge in [-0.3, -0.25) is 4.79 Å². The van der Waals surface area contributed by atoms with Crippen LogP contribution in [0.1, 0.15) is 0 Å². The first-order valence-corrected chi connectivity index (χ1v) is 4.24. The first kappa shape index (κ1) is 8.62. The maximum absolute atomic E-state index is 11.5. The van der Waals surface area contributed by atoms with Gasteiger partial charge in [-0.15, -0.1) is 0 Å². The van der Waals surface area contributed by atoms with Crippen molar-refractivity contribution >= 4 is 16.6 Å². The zero-order valence-corrected chi connectivity index (χ0v) is 7.66. The van der Waals surface area contributed by atoms with Crippen LogP contribution in [0, 0.1) is 0 Å². The molecule has 0 aliphatic rings. The molecule has 1 aromatic carbocycles. The van der Waals surface area contributed by atoms with Crippen molar-refractivity contribution in [3.63, 3.8) is 0 Å². The third-order valence-electron chi connectivity index (χ3n) is 2.10. The summed E-state index contributed by atoms with van der Waals surface area (Å²) in [6.45, 7) is 0. The predicted molar refractivity (Wildman–Crippen MR) is 55.8 cm³/mol. The van der Waals surface area contributed by atoms with Crippen LogP contribution in [-0.4, -0.2) is 17.1 Å². The highest BCUT2D eigenvalue weighted by molar-refractivity contribution is 5.84. The molecule has 14 heavy (non-hydrogen) atoms. The number of phenols is 1. The average molecular weight is 190 g/mol. The molecule has 4 heteroatoms. The number of hydrogen-bond acceptors (Lipinski definition) is 3. The van der Waals surface area contributed by atoms with E-state index >= 15 is 0 Å². The van der Waals surface area contributed by atoms with Crippen molar-refractivity contribution in [1.29, 1.82) is 0 Å². The second-order valence-corrected chi connectivity index (χ2v) is 3.03. The van der Waals surface area contributed by atoms with E-state index in [4.69, 9.17) is 0 Å². The molecule has 72 valence electrons. The SMILES string of the molecule is CNc1cc2ccc(O)cc2c(=O)[nH]1. The number of aromatic hydroxyl groups is 1. The number of rotatable bonds is 1. The Balaban J connectivity index is 2.83. The molecule has 0 amide bonds. The van der Waals surface area contributed by atoms with Crippen molar-refractivity contribution in [2.45, 2.75) is 0 Å². The number of nitrogens with one attached hydrogen (secondary N) is 2. The number of aromatic amines is 1. The lowest BCUT2D eigenvalue weighted by atomic mass is 10.1. The van der Waals surface area contributed by atoms with Gasteiger partial charge in [0.1, 0.15) is 11.6 Å². The number of pyridine rings is 1. The first-order valence-electron chi connectivity index (χ1n) is 4.24. The van der Waals surface area contributed by atoms with Crippen molar-refractivity contribution in [2.75, 3.05) is 12.4 Å². The summed E-state index contributed by atoms with van der Waals surface area (Å²) >= 11 is 0. The van der Waals surface area contributed by atoms with Crippen molar-refractivity contribution < 1.29 is 5.11 Å². The fourth-order valence-corrected chi connectivity index (χ4v) is 1.38. The third kappa shape index (κ3) is 1.31. The van der Waals surface area contributed by atoms with Gasteiger partial charge in [0.2, 0.25) is 0 Å². The molecule has 0 atom stereocenters. The number of H-pyrrole nitrogens is 1. The van der Waals surface area contributed by atoms with Gasteiger partial charge in [0.25, 0.3) is 5.56 Å². The van der Waals surface area contributed by atoms with Crippen LogP contribution in [0.15, 0.2) is 29.1 Å². The van der Waals surface area contributed by atoms with Gasteiger partial charge < -0.3 is 15.4 Å². The Bertz CT molecular complexity index is 531. The van der Waals surface area contributed by atoms with Gasteiger partial charge in [0.15, 0.2) is 0 Å². The van der Waals surface area contributed by atoms with Crippen LogP contribution in [-0.2, 0) is 0 Å². The quantitative estimate of drug-likeness (QED) is 0.634. The van der Waals surface area contributed by atoms with Crippen molar-refractivity contribution in [3.8, 4) is 5.75 Å². The summed E-state index contributed by atoms with van der Waals surface area (Å²) in [6, 6.07) is 6.53. The number of fused-ring (bicyclic) bond motifs is 1. The molecular weight excluding hydrogens is 180 g/mol. The van der Waals surface area contributed by atoms with E-state index in [9.17, 15) is 9.90 Å². The van der Waals surface area contributed by atoms with Crippen LogP contribution in [0.2, 0.25) is 0 Å². The Morgan fingerprint density at radius 1 is 1.36 bits per heavy atom. The summed E-state index contributed by atoms with van der Waals surface area (Å²) in [5, 5.41) is 13.4. The number of aromatic nitrogens is 1. The van der Waals surface area contributed by atoms with Crippen molar-refractivity contribution in [2.24, 2.45) is 0 Å². The first-order chi connectivity index (χ1) is 6.70. The summed E-state index contributed by atoms with van der Waals surface area (Å²) < 4.78 is 0. The van der Waals surface area contributed by atoms with Gasteiger partial charge >= 0.3 is 0 Å². The van der Waals surface area contributed by atoms with E-state index in [1.807, 2.05) is 6.07 Å². The molecular formula is C10H10N2O2. The molecule has 1 aromatic heterocycles. The van der Waals surface area contributed by atoms with Crippen LogP contribution in [0.5, 0.6) is 5.75 Å². The highest BCUT2D eigenvalue weighted by atomic mass is 16.3. The topological polar surface area (TPSA) is 65.1 Å². The van der Waals surface area contributed by atoms with E-state index in [-0.39, 0.29) is 11.3 Å². The fraction of sp³-hybridized carbons (Fsp3) is 0.100. The summed E-state index contributed by atoms with van der Waals surface area (Å²) in [5.74, 6) is 0.758. The highest BCUT2D eigenvalue weighted by Gasteiger charge is 2.01.